The summed E-state index contributed by atoms with van der Waals surface area (Å²) in [7, 11) is 0. The molecule has 200 valence electrons. The van der Waals surface area contributed by atoms with Crippen LogP contribution in [0.25, 0.3) is 0 Å². The summed E-state index contributed by atoms with van der Waals surface area (Å²) < 4.78 is 39.8. The number of halogens is 3. The molecule has 8 nitrogen and oxygen atoms in total. The monoisotopic (exact) mass is 519 g/mol. The van der Waals surface area contributed by atoms with Crippen LogP contribution < -0.4 is 10.2 Å². The van der Waals surface area contributed by atoms with E-state index in [9.17, 15) is 28.1 Å². The second kappa shape index (κ2) is 11.4. The molecule has 2 aromatic rings. The molecule has 0 aliphatic carbocycles. The molecule has 2 saturated heterocycles. The molecule has 1 atom stereocenters. The number of nitro benzene ring substituents is 1. The molecule has 0 saturated carbocycles. The molecule has 4 rings (SSSR count). The summed E-state index contributed by atoms with van der Waals surface area (Å²) in [5, 5.41) is 14.0. The van der Waals surface area contributed by atoms with Crippen LogP contribution in [-0.4, -0.2) is 72.5 Å². The Morgan fingerprint density at radius 2 is 1.84 bits per heavy atom. The van der Waals surface area contributed by atoms with Gasteiger partial charge < -0.3 is 20.0 Å². The first-order valence-corrected chi connectivity index (χ1v) is 12.5. The van der Waals surface area contributed by atoms with Crippen LogP contribution in [0, 0.1) is 17.0 Å². The van der Waals surface area contributed by atoms with Crippen LogP contribution in [0.2, 0.25) is 0 Å². The average Bonchev–Trinajstić information content (AvgIpc) is 3.19. The Kier molecular flexibility index (Phi) is 8.21. The highest BCUT2D eigenvalue weighted by molar-refractivity contribution is 5.77. The number of likely N-dealkylation sites (tertiary alicyclic amines) is 1. The number of aryl methyl sites for hydroxylation is 1. The number of anilines is 2. The molecule has 2 heterocycles. The van der Waals surface area contributed by atoms with Gasteiger partial charge in [-0.05, 0) is 50.6 Å². The SMILES string of the molecule is Cc1ccc(N2CCCN(CCC(=O)N3CC[C@H](Nc4ccc([N+](=O)[O-])c(C(F)(F)F)c4)C3)CC2)cc1. The summed E-state index contributed by atoms with van der Waals surface area (Å²) in [6, 6.07) is 11.2. The van der Waals surface area contributed by atoms with E-state index < -0.39 is 22.4 Å². The summed E-state index contributed by atoms with van der Waals surface area (Å²) >= 11 is 0. The minimum absolute atomic E-state index is 0.0311. The van der Waals surface area contributed by atoms with Crippen LogP contribution in [0.1, 0.15) is 30.4 Å². The summed E-state index contributed by atoms with van der Waals surface area (Å²) in [4.78, 5) is 29.2. The molecule has 1 N–H and O–H groups in total. The quantitative estimate of drug-likeness (QED) is 0.428. The van der Waals surface area contributed by atoms with Crippen molar-refractivity contribution in [2.75, 3.05) is 56.0 Å². The molecule has 2 aliphatic rings. The van der Waals surface area contributed by atoms with Crippen molar-refractivity contribution in [1.29, 1.82) is 0 Å². The maximum Gasteiger partial charge on any atom is 0.423 e. The molecule has 2 fully saturated rings. The van der Waals surface area contributed by atoms with Crippen molar-refractivity contribution in [3.8, 4) is 0 Å². The smallest absolute Gasteiger partial charge is 0.380 e. The molecule has 2 aromatic carbocycles. The van der Waals surface area contributed by atoms with Gasteiger partial charge >= 0.3 is 6.18 Å². The Morgan fingerprint density at radius 1 is 1.08 bits per heavy atom. The molecule has 2 aliphatic heterocycles. The second-order valence-electron chi connectivity index (χ2n) is 9.72. The van der Waals surface area contributed by atoms with E-state index in [4.69, 9.17) is 0 Å². The highest BCUT2D eigenvalue weighted by atomic mass is 19.4. The maximum atomic E-state index is 13.3. The minimum Gasteiger partial charge on any atom is -0.380 e. The van der Waals surface area contributed by atoms with E-state index >= 15 is 0 Å². The van der Waals surface area contributed by atoms with Gasteiger partial charge in [-0.1, -0.05) is 17.7 Å². The van der Waals surface area contributed by atoms with E-state index in [0.29, 0.717) is 32.5 Å². The number of benzene rings is 2. The third kappa shape index (κ3) is 6.91. The van der Waals surface area contributed by atoms with Crippen LogP contribution >= 0.6 is 0 Å². The molecule has 37 heavy (non-hydrogen) atoms. The highest BCUT2D eigenvalue weighted by Crippen LogP contribution is 2.37. The van der Waals surface area contributed by atoms with Gasteiger partial charge in [-0.15, -0.1) is 0 Å². The lowest BCUT2D eigenvalue weighted by atomic mass is 10.1. The zero-order valence-corrected chi connectivity index (χ0v) is 20.8. The van der Waals surface area contributed by atoms with Gasteiger partial charge in [-0.3, -0.25) is 14.9 Å². The number of hydrogen-bond acceptors (Lipinski definition) is 6. The Hall–Kier alpha value is -3.34. The molecular formula is C26H32F3N5O3. The summed E-state index contributed by atoms with van der Waals surface area (Å²) in [5.41, 5.74) is 0.342. The van der Waals surface area contributed by atoms with Gasteiger partial charge in [-0.25, -0.2) is 0 Å². The van der Waals surface area contributed by atoms with Gasteiger partial charge in [0.2, 0.25) is 5.91 Å². The minimum atomic E-state index is -4.83. The first-order valence-electron chi connectivity index (χ1n) is 12.5. The average molecular weight is 520 g/mol. The van der Waals surface area contributed by atoms with E-state index in [0.717, 1.165) is 44.7 Å². The van der Waals surface area contributed by atoms with Crippen molar-refractivity contribution in [3.05, 3.63) is 63.7 Å². The lowest BCUT2D eigenvalue weighted by Gasteiger charge is -2.24. The third-order valence-electron chi connectivity index (χ3n) is 7.04. The Bertz CT molecular complexity index is 1110. The Morgan fingerprint density at radius 3 is 2.54 bits per heavy atom. The fourth-order valence-corrected chi connectivity index (χ4v) is 4.97. The van der Waals surface area contributed by atoms with Gasteiger partial charge in [0.15, 0.2) is 0 Å². The lowest BCUT2D eigenvalue weighted by Crippen LogP contribution is -2.36. The van der Waals surface area contributed by atoms with Gasteiger partial charge in [0, 0.05) is 69.2 Å². The molecule has 11 heteroatoms. The van der Waals surface area contributed by atoms with Crippen LogP contribution in [0.5, 0.6) is 0 Å². The van der Waals surface area contributed by atoms with E-state index in [1.54, 1.807) is 4.90 Å². The largest absolute Gasteiger partial charge is 0.423 e. The first-order chi connectivity index (χ1) is 17.6. The van der Waals surface area contributed by atoms with Crippen molar-refractivity contribution < 1.29 is 22.9 Å². The van der Waals surface area contributed by atoms with Crippen LogP contribution in [-0.2, 0) is 11.0 Å². The fraction of sp³-hybridized carbons (Fsp3) is 0.500. The predicted molar refractivity (Wildman–Crippen MR) is 136 cm³/mol. The first kappa shape index (κ1) is 26.7. The van der Waals surface area contributed by atoms with Crippen LogP contribution in [0.15, 0.2) is 42.5 Å². The third-order valence-corrected chi connectivity index (χ3v) is 7.04. The number of hydrogen-bond donors (Lipinski definition) is 1. The number of nitro groups is 1. The summed E-state index contributed by atoms with van der Waals surface area (Å²) in [5.74, 6) is 0.0311. The van der Waals surface area contributed by atoms with Crippen molar-refractivity contribution >= 4 is 23.0 Å². The summed E-state index contributed by atoms with van der Waals surface area (Å²) in [6.07, 6.45) is -2.82. The predicted octanol–water partition coefficient (Wildman–Crippen LogP) is 4.54. The number of carbonyl (C=O) groups is 1. The fourth-order valence-electron chi connectivity index (χ4n) is 4.97. The van der Waals surface area contributed by atoms with E-state index in [1.165, 1.54) is 17.3 Å². The molecular weight excluding hydrogens is 487 g/mol. The molecule has 0 unspecified atom stereocenters. The number of nitrogens with one attached hydrogen (secondary N) is 1. The van der Waals surface area contributed by atoms with E-state index in [1.807, 2.05) is 0 Å². The molecule has 0 bridgehead atoms. The molecule has 0 spiro atoms. The zero-order valence-electron chi connectivity index (χ0n) is 20.8. The topological polar surface area (TPSA) is 82.0 Å². The normalized spacial score (nSPS) is 19.1. The van der Waals surface area contributed by atoms with Crippen molar-refractivity contribution in [3.63, 3.8) is 0 Å². The van der Waals surface area contributed by atoms with Crippen molar-refractivity contribution in [2.45, 2.75) is 38.4 Å². The van der Waals surface area contributed by atoms with Crippen molar-refractivity contribution in [1.82, 2.24) is 9.80 Å². The van der Waals surface area contributed by atoms with Gasteiger partial charge in [0.1, 0.15) is 5.56 Å². The summed E-state index contributed by atoms with van der Waals surface area (Å²) in [6.45, 7) is 7.35. The molecule has 0 radical (unpaired) electrons. The van der Waals surface area contributed by atoms with E-state index in [-0.39, 0.29) is 17.6 Å². The van der Waals surface area contributed by atoms with Crippen LogP contribution in [0.3, 0.4) is 0 Å². The second-order valence-corrected chi connectivity index (χ2v) is 9.72. The zero-order chi connectivity index (χ0) is 26.6. The Balaban J connectivity index is 1.25. The van der Waals surface area contributed by atoms with Crippen LogP contribution in [0.4, 0.5) is 30.2 Å². The number of rotatable bonds is 7. The number of carbonyl (C=O) groups excluding carboxylic acids is 1. The highest BCUT2D eigenvalue weighted by Gasteiger charge is 2.38. The van der Waals surface area contributed by atoms with Gasteiger partial charge in [0.05, 0.1) is 4.92 Å². The Labute approximate surface area is 214 Å². The van der Waals surface area contributed by atoms with Crippen molar-refractivity contribution in [2.24, 2.45) is 0 Å². The van der Waals surface area contributed by atoms with E-state index in [2.05, 4.69) is 46.3 Å². The van der Waals surface area contributed by atoms with Gasteiger partial charge in [-0.2, -0.15) is 13.2 Å². The maximum absolute atomic E-state index is 13.3. The molecule has 0 aromatic heterocycles. The number of alkyl halides is 3. The number of nitrogens with zero attached hydrogens (tertiary/aromatic N) is 4. The molecule has 1 amide bonds. The van der Waals surface area contributed by atoms with Gasteiger partial charge in [0.25, 0.3) is 5.69 Å². The standard InChI is InChI=1S/C26H32F3N5O3/c1-19-3-6-22(7-4-19)32-12-2-11-31(15-16-32)13-10-25(35)33-14-9-21(18-33)30-20-5-8-24(34(36)37)23(17-20)26(27,28)29/h3-8,17,21,30H,2,9-16,18H2,1H3/t21-/m0/s1. The number of amides is 1. The lowest BCUT2D eigenvalue weighted by molar-refractivity contribution is -0.388.